The predicted octanol–water partition coefficient (Wildman–Crippen LogP) is 4.68. The number of nitrogens with zero attached hydrogens (tertiary/aromatic N) is 1. The Labute approximate surface area is 249 Å². The van der Waals surface area contributed by atoms with E-state index in [4.69, 9.17) is 13.7 Å². The standard InChI is InChI=1S/C29H52N2O7Si3/c1-27(2,41(10,11)35)17-22-26(37-39(4,5)6)28(3,18-23(32)31-36-19-21-15-13-12-14-16-21)24(33)25(34)29(22,20-30)38-40(7,8)9/h12-16,22,24-26,33-35H,17-19H2,1-11H3,(H,31,32)/t22-,24+,25-,26+,28-,29+/m0/s1. The molecule has 4 N–H and O–H groups in total. The Bertz CT molecular complexity index is 1080. The fraction of sp³-hybridized carbons (Fsp3) is 0.724. The lowest BCUT2D eigenvalue weighted by Crippen LogP contribution is -2.73. The molecular weight excluding hydrogens is 573 g/mol. The van der Waals surface area contributed by atoms with Gasteiger partial charge in [-0.3, -0.25) is 9.63 Å². The van der Waals surface area contributed by atoms with Crippen LogP contribution in [-0.4, -0.2) is 69.8 Å². The Hall–Kier alpha value is -1.41. The molecule has 12 heteroatoms. The molecule has 1 aliphatic carbocycles. The van der Waals surface area contributed by atoms with Crippen LogP contribution in [0.1, 0.15) is 39.2 Å². The number of carbonyl (C=O) groups is 1. The molecule has 0 saturated heterocycles. The van der Waals surface area contributed by atoms with E-state index in [1.54, 1.807) is 6.92 Å². The fourth-order valence-electron chi connectivity index (χ4n) is 5.50. The molecule has 1 saturated carbocycles. The molecule has 0 spiro atoms. The van der Waals surface area contributed by atoms with Gasteiger partial charge in [0.25, 0.3) is 0 Å². The van der Waals surface area contributed by atoms with Crippen molar-refractivity contribution in [1.82, 2.24) is 5.48 Å². The summed E-state index contributed by atoms with van der Waals surface area (Å²) < 4.78 is 13.3. The van der Waals surface area contributed by atoms with Crippen molar-refractivity contribution in [2.24, 2.45) is 11.3 Å². The molecule has 0 aromatic heterocycles. The van der Waals surface area contributed by atoms with Gasteiger partial charge in [0.05, 0.1) is 24.9 Å². The molecule has 0 heterocycles. The molecule has 41 heavy (non-hydrogen) atoms. The fourth-order valence-corrected chi connectivity index (χ4v) is 8.74. The number of carbonyl (C=O) groups excluding carboxylic acids is 1. The van der Waals surface area contributed by atoms with E-state index >= 15 is 0 Å². The molecular formula is C29H52N2O7Si3. The minimum atomic E-state index is -2.80. The zero-order chi connectivity index (χ0) is 31.7. The van der Waals surface area contributed by atoms with Crippen molar-refractivity contribution in [2.45, 2.75) is 122 Å². The van der Waals surface area contributed by atoms with Gasteiger partial charge in [0.1, 0.15) is 6.10 Å². The van der Waals surface area contributed by atoms with Gasteiger partial charge in [0.2, 0.25) is 5.91 Å². The summed E-state index contributed by atoms with van der Waals surface area (Å²) >= 11 is 0. The van der Waals surface area contributed by atoms with Crippen LogP contribution in [0.3, 0.4) is 0 Å². The van der Waals surface area contributed by atoms with Gasteiger partial charge < -0.3 is 23.9 Å². The molecule has 1 aromatic rings. The normalized spacial score (nSPS) is 29.6. The molecule has 6 atom stereocenters. The van der Waals surface area contributed by atoms with E-state index in [0.717, 1.165) is 5.56 Å². The van der Waals surface area contributed by atoms with Gasteiger partial charge >= 0.3 is 0 Å². The first-order valence-corrected chi connectivity index (χ1v) is 24.1. The first-order chi connectivity index (χ1) is 18.5. The van der Waals surface area contributed by atoms with Gasteiger partial charge in [0, 0.05) is 17.8 Å². The number of amides is 1. The lowest BCUT2D eigenvalue weighted by Gasteiger charge is -2.60. The molecule has 0 radical (unpaired) electrons. The van der Waals surface area contributed by atoms with Crippen molar-refractivity contribution in [2.75, 3.05) is 0 Å². The topological polar surface area (TPSA) is 141 Å². The Balaban J connectivity index is 2.61. The van der Waals surface area contributed by atoms with Crippen molar-refractivity contribution in [1.29, 1.82) is 5.26 Å². The third-order valence-corrected chi connectivity index (χ3v) is 13.7. The van der Waals surface area contributed by atoms with Crippen molar-refractivity contribution in [3.63, 3.8) is 0 Å². The molecule has 1 amide bonds. The Morgan fingerprint density at radius 2 is 1.59 bits per heavy atom. The van der Waals surface area contributed by atoms with E-state index in [1.807, 2.05) is 96.6 Å². The van der Waals surface area contributed by atoms with E-state index in [0.29, 0.717) is 6.42 Å². The first kappa shape index (κ1) is 35.8. The number of nitrogens with one attached hydrogen (secondary N) is 1. The maximum Gasteiger partial charge on any atom is 0.244 e. The second kappa shape index (κ2) is 12.7. The number of nitriles is 1. The highest BCUT2D eigenvalue weighted by Gasteiger charge is 2.67. The van der Waals surface area contributed by atoms with E-state index in [2.05, 4.69) is 11.5 Å². The molecule has 232 valence electrons. The maximum atomic E-state index is 13.3. The molecule has 0 bridgehead atoms. The minimum absolute atomic E-state index is 0.165. The molecule has 0 aliphatic heterocycles. The summed E-state index contributed by atoms with van der Waals surface area (Å²) in [7, 11) is -7.64. The first-order valence-electron chi connectivity index (χ1n) is 14.3. The van der Waals surface area contributed by atoms with Crippen molar-refractivity contribution < 1.29 is 33.5 Å². The van der Waals surface area contributed by atoms with Crippen LogP contribution in [0.15, 0.2) is 30.3 Å². The van der Waals surface area contributed by atoms with Crippen LogP contribution in [0.5, 0.6) is 0 Å². The second-order valence-corrected chi connectivity index (χ2v) is 28.3. The molecule has 2 rings (SSSR count). The van der Waals surface area contributed by atoms with Gasteiger partial charge in [-0.15, -0.1) is 0 Å². The van der Waals surface area contributed by atoms with Crippen LogP contribution >= 0.6 is 0 Å². The highest BCUT2D eigenvalue weighted by molar-refractivity contribution is 6.73. The summed E-state index contributed by atoms with van der Waals surface area (Å²) in [6.07, 6.45) is -3.90. The Kier molecular flexibility index (Phi) is 11.1. The lowest BCUT2D eigenvalue weighted by atomic mass is 9.56. The average molecular weight is 625 g/mol. The number of aliphatic hydroxyl groups excluding tert-OH is 2. The van der Waals surface area contributed by atoms with Gasteiger partial charge in [-0.05, 0) is 69.4 Å². The monoisotopic (exact) mass is 624 g/mol. The zero-order valence-corrected chi connectivity index (χ0v) is 29.7. The molecule has 0 unspecified atom stereocenters. The lowest BCUT2D eigenvalue weighted by molar-refractivity contribution is -0.235. The molecule has 1 aliphatic rings. The molecule has 1 fully saturated rings. The van der Waals surface area contributed by atoms with Crippen LogP contribution < -0.4 is 5.48 Å². The maximum absolute atomic E-state index is 13.3. The van der Waals surface area contributed by atoms with Crippen molar-refractivity contribution in [3.05, 3.63) is 35.9 Å². The summed E-state index contributed by atoms with van der Waals surface area (Å²) in [6, 6.07) is 11.7. The van der Waals surface area contributed by atoms with Crippen molar-refractivity contribution >= 4 is 30.9 Å². The van der Waals surface area contributed by atoms with Gasteiger partial charge in [0.15, 0.2) is 30.6 Å². The van der Waals surface area contributed by atoms with Crippen LogP contribution in [0, 0.1) is 22.7 Å². The van der Waals surface area contributed by atoms with Crippen LogP contribution in [0.4, 0.5) is 0 Å². The average Bonchev–Trinajstić information content (AvgIpc) is 2.81. The quantitative estimate of drug-likeness (QED) is 0.194. The van der Waals surface area contributed by atoms with Crippen LogP contribution in [0.25, 0.3) is 0 Å². The number of benzene rings is 1. The summed E-state index contributed by atoms with van der Waals surface area (Å²) in [4.78, 5) is 30.0. The molecule has 1 aromatic carbocycles. The number of hydrogen-bond donors (Lipinski definition) is 4. The highest BCUT2D eigenvalue weighted by Crippen LogP contribution is 2.56. The number of hydrogen-bond acceptors (Lipinski definition) is 8. The van der Waals surface area contributed by atoms with Gasteiger partial charge in [-0.1, -0.05) is 51.1 Å². The SMILES string of the molecule is CC(C)(C[C@H]1[C@@H](O[Si](C)(C)C)[C@@](C)(CC(=O)NOCc2ccccc2)[C@H](O)[C@H](O)[C@]1(C#N)O[Si](C)(C)C)[Si](C)(C)O. The van der Waals surface area contributed by atoms with Crippen LogP contribution in [0.2, 0.25) is 57.4 Å². The third-order valence-electron chi connectivity index (χ3n) is 8.31. The largest absolute Gasteiger partial charge is 0.432 e. The zero-order valence-electron chi connectivity index (χ0n) is 26.7. The van der Waals surface area contributed by atoms with E-state index in [1.165, 1.54) is 0 Å². The summed E-state index contributed by atoms with van der Waals surface area (Å²) in [5, 5.41) is 33.7. The molecule has 9 nitrogen and oxygen atoms in total. The van der Waals surface area contributed by atoms with Crippen LogP contribution in [-0.2, 0) is 25.1 Å². The van der Waals surface area contributed by atoms with E-state index in [-0.39, 0.29) is 13.0 Å². The highest BCUT2D eigenvalue weighted by atomic mass is 28.4. The Morgan fingerprint density at radius 3 is 2.05 bits per heavy atom. The summed E-state index contributed by atoms with van der Waals surface area (Å²) in [5.74, 6) is -1.23. The summed E-state index contributed by atoms with van der Waals surface area (Å²) in [6.45, 7) is 21.3. The minimum Gasteiger partial charge on any atom is -0.432 e. The van der Waals surface area contributed by atoms with Gasteiger partial charge in [-0.25, -0.2) is 5.48 Å². The second-order valence-electron chi connectivity index (χ2n) is 14.9. The third kappa shape index (κ3) is 8.58. The number of hydroxylamine groups is 1. The summed E-state index contributed by atoms with van der Waals surface area (Å²) in [5.41, 5.74) is 0.265. The van der Waals surface area contributed by atoms with Crippen molar-refractivity contribution in [3.8, 4) is 6.07 Å². The smallest absolute Gasteiger partial charge is 0.244 e. The Morgan fingerprint density at radius 1 is 1.02 bits per heavy atom. The van der Waals surface area contributed by atoms with E-state index in [9.17, 15) is 25.1 Å². The van der Waals surface area contributed by atoms with Gasteiger partial charge in [-0.2, -0.15) is 5.26 Å². The number of aliphatic hydroxyl groups is 2. The number of rotatable bonds is 12. The predicted molar refractivity (Wildman–Crippen MR) is 167 cm³/mol. The van der Waals surface area contributed by atoms with E-state index < -0.39 is 71.1 Å².